The normalized spacial score (nSPS) is 12.2. The zero-order chi connectivity index (χ0) is 24.2. The van der Waals surface area contributed by atoms with Crippen LogP contribution in [0.4, 0.5) is 0 Å². The molecule has 2 amide bonds. The van der Waals surface area contributed by atoms with Crippen LogP contribution in [-0.4, -0.2) is 34.8 Å². The molecule has 1 aliphatic heterocycles. The largest absolute Gasteiger partial charge is 0.486 e. The van der Waals surface area contributed by atoms with Gasteiger partial charge in [-0.25, -0.2) is 4.68 Å². The second-order valence-corrected chi connectivity index (χ2v) is 8.00. The van der Waals surface area contributed by atoms with E-state index >= 15 is 0 Å². The van der Waals surface area contributed by atoms with Crippen molar-refractivity contribution in [2.75, 3.05) is 13.2 Å². The summed E-state index contributed by atoms with van der Waals surface area (Å²) in [6, 6.07) is 21.4. The summed E-state index contributed by atoms with van der Waals surface area (Å²) < 4.78 is 12.3. The number of carbonyl (C=O) groups is 2. The number of hydrogen-bond donors (Lipinski definition) is 2. The van der Waals surface area contributed by atoms with Gasteiger partial charge < -0.3 is 9.47 Å². The Labute approximate surface area is 200 Å². The molecule has 1 aliphatic rings. The van der Waals surface area contributed by atoms with E-state index < -0.39 is 11.8 Å². The van der Waals surface area contributed by atoms with Gasteiger partial charge in [-0.3, -0.25) is 25.2 Å². The second kappa shape index (κ2) is 9.68. The highest BCUT2D eigenvalue weighted by Crippen LogP contribution is 2.30. The fourth-order valence-electron chi connectivity index (χ4n) is 3.88. The van der Waals surface area contributed by atoms with Crippen molar-refractivity contribution in [1.82, 2.24) is 20.6 Å². The van der Waals surface area contributed by atoms with E-state index in [0.29, 0.717) is 41.0 Å². The van der Waals surface area contributed by atoms with Crippen molar-refractivity contribution >= 4 is 22.6 Å². The first kappa shape index (κ1) is 22.1. The lowest BCUT2D eigenvalue weighted by molar-refractivity contribution is -0.121. The Kier molecular flexibility index (Phi) is 6.13. The molecule has 0 radical (unpaired) electrons. The number of benzene rings is 3. The number of amides is 2. The van der Waals surface area contributed by atoms with Gasteiger partial charge in [0.05, 0.1) is 18.4 Å². The van der Waals surface area contributed by atoms with Gasteiger partial charge in [0.15, 0.2) is 17.2 Å². The molecule has 0 spiro atoms. The molecular formula is C26H22N4O5. The molecular weight excluding hydrogens is 448 g/mol. The van der Waals surface area contributed by atoms with E-state index in [1.807, 2.05) is 30.3 Å². The van der Waals surface area contributed by atoms with E-state index in [2.05, 4.69) is 16.0 Å². The number of aromatic nitrogens is 2. The molecule has 4 aromatic rings. The van der Waals surface area contributed by atoms with Crippen molar-refractivity contribution in [3.8, 4) is 11.5 Å². The summed E-state index contributed by atoms with van der Waals surface area (Å²) in [6.45, 7) is 1.15. The highest BCUT2D eigenvalue weighted by Gasteiger charge is 2.18. The van der Waals surface area contributed by atoms with Crippen LogP contribution in [0.3, 0.4) is 0 Å². The Bertz CT molecular complexity index is 1470. The average molecular weight is 470 g/mol. The summed E-state index contributed by atoms with van der Waals surface area (Å²) in [5.41, 5.74) is 6.15. The smallest absolute Gasteiger partial charge is 0.290 e. The van der Waals surface area contributed by atoms with Crippen LogP contribution in [0.5, 0.6) is 11.5 Å². The lowest BCUT2D eigenvalue weighted by Gasteiger charge is -2.18. The van der Waals surface area contributed by atoms with Gasteiger partial charge in [0, 0.05) is 5.39 Å². The standard InChI is InChI=1S/C26H22N4O5/c31-23(15-18-10-11-21-22(14-18)35-13-12-34-21)27-28-25(32)24-19-8-4-5-9-20(19)26(33)30(29-24)16-17-6-2-1-3-7-17/h1-11,14H,12-13,15-16H2,(H,27,31)(H,28,32). The second-order valence-electron chi connectivity index (χ2n) is 8.00. The summed E-state index contributed by atoms with van der Waals surface area (Å²) in [4.78, 5) is 38.4. The van der Waals surface area contributed by atoms with Gasteiger partial charge in [-0.1, -0.05) is 54.6 Å². The Hall–Kier alpha value is -4.66. The van der Waals surface area contributed by atoms with E-state index in [0.717, 1.165) is 5.56 Å². The van der Waals surface area contributed by atoms with E-state index in [-0.39, 0.29) is 24.2 Å². The number of hydrazine groups is 1. The van der Waals surface area contributed by atoms with Crippen molar-refractivity contribution in [2.24, 2.45) is 0 Å². The van der Waals surface area contributed by atoms with Gasteiger partial charge >= 0.3 is 0 Å². The molecule has 1 aromatic heterocycles. The summed E-state index contributed by atoms with van der Waals surface area (Å²) in [5, 5.41) is 5.09. The van der Waals surface area contributed by atoms with Crippen LogP contribution in [0.1, 0.15) is 21.6 Å². The number of rotatable bonds is 5. The molecule has 0 atom stereocenters. The van der Waals surface area contributed by atoms with Crippen molar-refractivity contribution < 1.29 is 19.1 Å². The molecule has 0 unspecified atom stereocenters. The lowest BCUT2D eigenvalue weighted by atomic mass is 10.1. The SMILES string of the molecule is O=C(Cc1ccc2c(c1)OCCO2)NNC(=O)c1nn(Cc2ccccc2)c(=O)c2ccccc12. The predicted molar refractivity (Wildman–Crippen MR) is 128 cm³/mol. The van der Waals surface area contributed by atoms with Gasteiger partial charge in [-0.05, 0) is 29.3 Å². The molecule has 0 fully saturated rings. The highest BCUT2D eigenvalue weighted by atomic mass is 16.6. The number of fused-ring (bicyclic) bond motifs is 2. The first-order valence-electron chi connectivity index (χ1n) is 11.1. The minimum atomic E-state index is -0.626. The maximum absolute atomic E-state index is 13.0. The van der Waals surface area contributed by atoms with Gasteiger partial charge in [0.25, 0.3) is 11.5 Å². The third-order valence-corrected chi connectivity index (χ3v) is 5.54. The van der Waals surface area contributed by atoms with Gasteiger partial charge in [-0.15, -0.1) is 0 Å². The topological polar surface area (TPSA) is 112 Å². The summed E-state index contributed by atoms with van der Waals surface area (Å²) in [6.07, 6.45) is 0.0264. The molecule has 5 rings (SSSR count). The third kappa shape index (κ3) is 4.84. The van der Waals surface area contributed by atoms with Crippen molar-refractivity contribution in [1.29, 1.82) is 0 Å². The minimum Gasteiger partial charge on any atom is -0.486 e. The van der Waals surface area contributed by atoms with E-state index in [1.54, 1.807) is 42.5 Å². The van der Waals surface area contributed by atoms with Crippen LogP contribution in [0.15, 0.2) is 77.6 Å². The molecule has 3 aromatic carbocycles. The van der Waals surface area contributed by atoms with Crippen LogP contribution in [0, 0.1) is 0 Å². The average Bonchev–Trinajstić information content (AvgIpc) is 2.89. The molecule has 0 aliphatic carbocycles. The van der Waals surface area contributed by atoms with Crippen molar-refractivity contribution in [3.63, 3.8) is 0 Å². The molecule has 2 N–H and O–H groups in total. The maximum Gasteiger partial charge on any atom is 0.290 e. The van der Waals surface area contributed by atoms with Crippen molar-refractivity contribution in [2.45, 2.75) is 13.0 Å². The molecule has 0 bridgehead atoms. The van der Waals surface area contributed by atoms with Crippen molar-refractivity contribution in [3.05, 3.63) is 100.0 Å². The minimum absolute atomic E-state index is 0.0264. The maximum atomic E-state index is 13.0. The van der Waals surface area contributed by atoms with Crippen LogP contribution in [0.25, 0.3) is 10.8 Å². The predicted octanol–water partition coefficient (Wildman–Crippen LogP) is 2.22. The molecule has 35 heavy (non-hydrogen) atoms. The molecule has 9 heteroatoms. The zero-order valence-electron chi connectivity index (χ0n) is 18.7. The number of ether oxygens (including phenoxy) is 2. The lowest BCUT2D eigenvalue weighted by Crippen LogP contribution is -2.43. The monoisotopic (exact) mass is 470 g/mol. The number of hydrogen-bond acceptors (Lipinski definition) is 6. The summed E-state index contributed by atoms with van der Waals surface area (Å²) in [5.74, 6) is 0.176. The number of nitrogens with zero attached hydrogens (tertiary/aromatic N) is 2. The first-order valence-corrected chi connectivity index (χ1v) is 11.1. The van der Waals surface area contributed by atoms with Gasteiger partial charge in [0.1, 0.15) is 13.2 Å². The van der Waals surface area contributed by atoms with Crippen LogP contribution >= 0.6 is 0 Å². The van der Waals surface area contributed by atoms with E-state index in [9.17, 15) is 14.4 Å². The van der Waals surface area contributed by atoms with Gasteiger partial charge in [0.2, 0.25) is 5.91 Å². The highest BCUT2D eigenvalue weighted by molar-refractivity contribution is 6.05. The van der Waals surface area contributed by atoms with E-state index in [4.69, 9.17) is 9.47 Å². The first-order chi connectivity index (χ1) is 17.1. The fraction of sp³-hybridized carbons (Fsp3) is 0.154. The quantitative estimate of drug-likeness (QED) is 0.433. The molecule has 176 valence electrons. The molecule has 0 saturated heterocycles. The Morgan fingerprint density at radius 2 is 1.54 bits per heavy atom. The van der Waals surface area contributed by atoms with Crippen LogP contribution < -0.4 is 25.9 Å². The summed E-state index contributed by atoms with van der Waals surface area (Å²) in [7, 11) is 0. The zero-order valence-corrected chi connectivity index (χ0v) is 18.7. The summed E-state index contributed by atoms with van der Waals surface area (Å²) >= 11 is 0. The third-order valence-electron chi connectivity index (χ3n) is 5.54. The van der Waals surface area contributed by atoms with E-state index in [1.165, 1.54) is 4.68 Å². The van der Waals surface area contributed by atoms with Crippen LogP contribution in [0.2, 0.25) is 0 Å². The number of carbonyl (C=O) groups excluding carboxylic acids is 2. The molecule has 9 nitrogen and oxygen atoms in total. The molecule has 0 saturated carbocycles. The fourth-order valence-corrected chi connectivity index (χ4v) is 3.88. The Morgan fingerprint density at radius 3 is 2.34 bits per heavy atom. The number of nitrogens with one attached hydrogen (secondary N) is 2. The Balaban J connectivity index is 1.33. The Morgan fingerprint density at radius 1 is 0.829 bits per heavy atom. The van der Waals surface area contributed by atoms with Gasteiger partial charge in [-0.2, -0.15) is 5.10 Å². The van der Waals surface area contributed by atoms with Crippen LogP contribution in [-0.2, 0) is 17.8 Å². The molecule has 2 heterocycles.